The lowest BCUT2D eigenvalue weighted by Gasteiger charge is -2.37. The molecule has 0 saturated carbocycles. The lowest BCUT2D eigenvalue weighted by atomic mass is 10.0. The van der Waals surface area contributed by atoms with Gasteiger partial charge in [0.05, 0.1) is 25.8 Å². The number of rotatable bonds is 8. The Morgan fingerprint density at radius 3 is 2.78 bits per heavy atom. The van der Waals surface area contributed by atoms with Crippen molar-refractivity contribution in [2.75, 3.05) is 40.0 Å². The summed E-state index contributed by atoms with van der Waals surface area (Å²) in [4.78, 5) is 30.4. The number of ether oxygens (including phenoxy) is 3. The Labute approximate surface area is 192 Å². The summed E-state index contributed by atoms with van der Waals surface area (Å²) in [5, 5.41) is 2.06. The summed E-state index contributed by atoms with van der Waals surface area (Å²) in [5.74, 6) is 1.13. The van der Waals surface area contributed by atoms with Gasteiger partial charge in [-0.05, 0) is 48.4 Å². The maximum absolute atomic E-state index is 13.4. The second-order valence-corrected chi connectivity index (χ2v) is 9.15. The van der Waals surface area contributed by atoms with Gasteiger partial charge in [0, 0.05) is 31.5 Å². The molecule has 0 N–H and O–H groups in total. The first-order valence-electron chi connectivity index (χ1n) is 11.1. The van der Waals surface area contributed by atoms with Gasteiger partial charge in [-0.25, -0.2) is 0 Å². The Hall–Kier alpha value is -2.58. The number of amides is 2. The van der Waals surface area contributed by atoms with Crippen molar-refractivity contribution in [1.29, 1.82) is 0 Å². The van der Waals surface area contributed by atoms with Crippen LogP contribution in [0.5, 0.6) is 11.5 Å². The smallest absolute Gasteiger partial charge is 0.242 e. The minimum Gasteiger partial charge on any atom is -0.493 e. The molecule has 0 spiro atoms. The van der Waals surface area contributed by atoms with E-state index in [-0.39, 0.29) is 30.5 Å². The molecule has 2 atom stereocenters. The molecule has 4 rings (SSSR count). The molecule has 2 aliphatic heterocycles. The van der Waals surface area contributed by atoms with Gasteiger partial charge in [-0.3, -0.25) is 9.59 Å². The van der Waals surface area contributed by atoms with Gasteiger partial charge >= 0.3 is 0 Å². The zero-order valence-electron chi connectivity index (χ0n) is 18.6. The van der Waals surface area contributed by atoms with E-state index in [1.165, 1.54) is 11.8 Å². The highest BCUT2D eigenvalue weighted by molar-refractivity contribution is 7.10. The largest absolute Gasteiger partial charge is 0.493 e. The minimum absolute atomic E-state index is 0.0150. The van der Waals surface area contributed by atoms with Gasteiger partial charge in [-0.1, -0.05) is 12.1 Å². The highest BCUT2D eigenvalue weighted by Gasteiger charge is 2.34. The molecule has 1 aromatic heterocycles. The zero-order valence-corrected chi connectivity index (χ0v) is 19.4. The number of fused-ring (bicyclic) bond motifs is 1. The SMILES string of the molecule is COc1ccccc1OCC1c2ccsc2CCN1C(=O)CN(CC1CCCO1)C(C)=O. The molecule has 0 radical (unpaired) electrons. The fraction of sp³-hybridized carbons (Fsp3) is 0.500. The van der Waals surface area contributed by atoms with Gasteiger partial charge in [-0.15, -0.1) is 11.3 Å². The Morgan fingerprint density at radius 1 is 1.25 bits per heavy atom. The third kappa shape index (κ3) is 5.07. The van der Waals surface area contributed by atoms with Crippen molar-refractivity contribution >= 4 is 23.2 Å². The van der Waals surface area contributed by atoms with Crippen molar-refractivity contribution in [3.05, 3.63) is 46.2 Å². The molecular weight excluding hydrogens is 428 g/mol. The standard InChI is InChI=1S/C24H30N2O5S/c1-17(27)25(14-18-6-5-12-30-18)15-24(28)26-11-9-23-19(10-13-32-23)20(26)16-31-22-8-4-3-7-21(22)29-2/h3-4,7-8,10,13,18,20H,5-6,9,11-12,14-16H2,1-2H3. The molecule has 1 saturated heterocycles. The van der Waals surface area contributed by atoms with E-state index >= 15 is 0 Å². The quantitative estimate of drug-likeness (QED) is 0.607. The Kier molecular flexibility index (Phi) is 7.32. The van der Waals surface area contributed by atoms with E-state index in [9.17, 15) is 9.59 Å². The van der Waals surface area contributed by atoms with Crippen LogP contribution in [-0.2, 0) is 20.7 Å². The van der Waals surface area contributed by atoms with Crippen LogP contribution < -0.4 is 9.47 Å². The van der Waals surface area contributed by atoms with Crippen LogP contribution in [0.3, 0.4) is 0 Å². The van der Waals surface area contributed by atoms with Crippen molar-refractivity contribution in [2.24, 2.45) is 0 Å². The summed E-state index contributed by atoms with van der Waals surface area (Å²) in [6.07, 6.45) is 2.76. The minimum atomic E-state index is -0.209. The van der Waals surface area contributed by atoms with E-state index in [2.05, 4.69) is 11.4 Å². The van der Waals surface area contributed by atoms with Gasteiger partial charge in [0.25, 0.3) is 0 Å². The molecule has 7 nitrogen and oxygen atoms in total. The van der Waals surface area contributed by atoms with Crippen molar-refractivity contribution < 1.29 is 23.8 Å². The van der Waals surface area contributed by atoms with Crippen LogP contribution in [0.2, 0.25) is 0 Å². The van der Waals surface area contributed by atoms with Crippen molar-refractivity contribution in [2.45, 2.75) is 38.3 Å². The van der Waals surface area contributed by atoms with Gasteiger partial charge < -0.3 is 24.0 Å². The lowest BCUT2D eigenvalue weighted by Crippen LogP contribution is -2.48. The van der Waals surface area contributed by atoms with Crippen molar-refractivity contribution in [1.82, 2.24) is 9.80 Å². The van der Waals surface area contributed by atoms with Gasteiger partial charge in [0.2, 0.25) is 11.8 Å². The zero-order chi connectivity index (χ0) is 22.5. The number of methoxy groups -OCH3 is 1. The molecule has 2 aliphatic rings. The van der Waals surface area contributed by atoms with Crippen LogP contribution >= 0.6 is 11.3 Å². The maximum atomic E-state index is 13.4. The summed E-state index contributed by atoms with van der Waals surface area (Å²) in [5.41, 5.74) is 1.12. The maximum Gasteiger partial charge on any atom is 0.242 e. The number of nitrogens with zero attached hydrogens (tertiary/aromatic N) is 2. The Bertz CT molecular complexity index is 940. The fourth-order valence-electron chi connectivity index (χ4n) is 4.37. The molecule has 172 valence electrons. The number of para-hydroxylation sites is 2. The fourth-order valence-corrected chi connectivity index (χ4v) is 5.30. The molecule has 32 heavy (non-hydrogen) atoms. The van der Waals surface area contributed by atoms with Crippen LogP contribution in [0, 0.1) is 0 Å². The first-order valence-corrected chi connectivity index (χ1v) is 11.9. The third-order valence-electron chi connectivity index (χ3n) is 6.10. The van der Waals surface area contributed by atoms with Crippen LogP contribution in [0.4, 0.5) is 0 Å². The number of carbonyl (C=O) groups is 2. The second kappa shape index (κ2) is 10.4. The first-order chi connectivity index (χ1) is 15.6. The number of benzene rings is 1. The van der Waals surface area contributed by atoms with Gasteiger partial charge in [0.1, 0.15) is 6.61 Å². The molecule has 2 amide bonds. The van der Waals surface area contributed by atoms with Gasteiger partial charge in [0.15, 0.2) is 11.5 Å². The highest BCUT2D eigenvalue weighted by atomic mass is 32.1. The molecule has 1 fully saturated rings. The second-order valence-electron chi connectivity index (χ2n) is 8.15. The number of carbonyl (C=O) groups excluding carboxylic acids is 2. The van der Waals surface area contributed by atoms with E-state index in [0.29, 0.717) is 31.2 Å². The van der Waals surface area contributed by atoms with E-state index in [4.69, 9.17) is 14.2 Å². The van der Waals surface area contributed by atoms with Crippen molar-refractivity contribution in [3.63, 3.8) is 0 Å². The normalized spacial score (nSPS) is 20.0. The third-order valence-corrected chi connectivity index (χ3v) is 7.10. The molecule has 2 aromatic rings. The molecular formula is C24H30N2O5S. The number of thiophene rings is 1. The van der Waals surface area contributed by atoms with E-state index in [1.54, 1.807) is 23.3 Å². The van der Waals surface area contributed by atoms with E-state index < -0.39 is 0 Å². The monoisotopic (exact) mass is 458 g/mol. The highest BCUT2D eigenvalue weighted by Crippen LogP contribution is 2.35. The molecule has 3 heterocycles. The molecule has 0 bridgehead atoms. The average molecular weight is 459 g/mol. The summed E-state index contributed by atoms with van der Waals surface area (Å²) in [6.45, 7) is 3.68. The average Bonchev–Trinajstić information content (AvgIpc) is 3.49. The summed E-state index contributed by atoms with van der Waals surface area (Å²) >= 11 is 1.71. The number of hydrogen-bond donors (Lipinski definition) is 0. The summed E-state index contributed by atoms with van der Waals surface area (Å²) in [7, 11) is 1.61. The topological polar surface area (TPSA) is 68.3 Å². The van der Waals surface area contributed by atoms with Crippen molar-refractivity contribution in [3.8, 4) is 11.5 Å². The van der Waals surface area contributed by atoms with Gasteiger partial charge in [-0.2, -0.15) is 0 Å². The predicted molar refractivity (Wildman–Crippen MR) is 122 cm³/mol. The van der Waals surface area contributed by atoms with Crippen LogP contribution in [0.15, 0.2) is 35.7 Å². The predicted octanol–water partition coefficient (Wildman–Crippen LogP) is 3.29. The summed E-state index contributed by atoms with van der Waals surface area (Å²) < 4.78 is 17.2. The Balaban J connectivity index is 1.49. The summed E-state index contributed by atoms with van der Waals surface area (Å²) in [6, 6.07) is 9.37. The molecule has 0 aliphatic carbocycles. The molecule has 8 heteroatoms. The van der Waals surface area contributed by atoms with E-state index in [1.807, 2.05) is 29.2 Å². The first kappa shape index (κ1) is 22.6. The Morgan fingerprint density at radius 2 is 2.06 bits per heavy atom. The lowest BCUT2D eigenvalue weighted by molar-refractivity contribution is -0.142. The van der Waals surface area contributed by atoms with Crippen LogP contribution in [-0.4, -0.2) is 67.7 Å². The number of hydrogen-bond acceptors (Lipinski definition) is 6. The van der Waals surface area contributed by atoms with Crippen LogP contribution in [0.25, 0.3) is 0 Å². The molecule has 1 aromatic carbocycles. The van der Waals surface area contributed by atoms with E-state index in [0.717, 1.165) is 31.4 Å². The molecule has 2 unspecified atom stereocenters. The van der Waals surface area contributed by atoms with Crippen LogP contribution in [0.1, 0.15) is 36.2 Å².